The van der Waals surface area contributed by atoms with Crippen LogP contribution in [0.2, 0.25) is 0 Å². The summed E-state index contributed by atoms with van der Waals surface area (Å²) in [7, 11) is 0. The lowest BCUT2D eigenvalue weighted by Crippen LogP contribution is -2.18. The second-order valence-corrected chi connectivity index (χ2v) is 5.91. The molecule has 2 aromatic carbocycles. The normalized spacial score (nSPS) is 14.0. The zero-order valence-corrected chi connectivity index (χ0v) is 14.5. The second kappa shape index (κ2) is 6.95. The zero-order valence-electron chi connectivity index (χ0n) is 14.5. The molecule has 0 aliphatic heterocycles. The van der Waals surface area contributed by atoms with E-state index in [0.717, 1.165) is 24.3 Å². The Hall–Kier alpha value is -4.42. The van der Waals surface area contributed by atoms with Crippen molar-refractivity contribution < 1.29 is 29.5 Å². The Morgan fingerprint density at radius 2 is 1.59 bits per heavy atom. The smallest absolute Gasteiger partial charge is 0.347 e. The van der Waals surface area contributed by atoms with Gasteiger partial charge in [0.25, 0.3) is 17.1 Å². The first-order valence-electron chi connectivity index (χ1n) is 7.84. The minimum absolute atomic E-state index is 0.0316. The number of nitrogens with zero attached hydrogens (tertiary/aromatic N) is 4. The number of oxime groups is 1. The monoisotopic (exact) mass is 402 g/mol. The fourth-order valence-corrected chi connectivity index (χ4v) is 2.81. The molecule has 0 saturated carbocycles. The van der Waals surface area contributed by atoms with Gasteiger partial charge in [-0.1, -0.05) is 5.16 Å². The Morgan fingerprint density at radius 1 is 0.966 bits per heavy atom. The Balaban J connectivity index is 2.33. The molecule has 13 heteroatoms. The number of fused-ring (bicyclic) bond motifs is 3. The summed E-state index contributed by atoms with van der Waals surface area (Å²) >= 11 is 0. The molecule has 148 valence electrons. The molecule has 0 fully saturated rings. The third-order valence-corrected chi connectivity index (χ3v) is 4.15. The van der Waals surface area contributed by atoms with Gasteiger partial charge in [0, 0.05) is 29.3 Å². The number of hydrogen-bond acceptors (Lipinski definition) is 9. The number of aliphatic carboxylic acids is 1. The second-order valence-electron chi connectivity index (χ2n) is 5.91. The summed E-state index contributed by atoms with van der Waals surface area (Å²) in [5.74, 6) is -1.35. The van der Waals surface area contributed by atoms with E-state index in [0.29, 0.717) is 0 Å². The predicted octanol–water partition coefficient (Wildman–Crippen LogP) is 2.63. The van der Waals surface area contributed by atoms with Gasteiger partial charge in [-0.3, -0.25) is 30.3 Å². The molecule has 3 rings (SSSR count). The van der Waals surface area contributed by atoms with Crippen LogP contribution in [0.1, 0.15) is 18.1 Å². The van der Waals surface area contributed by atoms with E-state index in [-0.39, 0.29) is 33.7 Å². The van der Waals surface area contributed by atoms with Crippen LogP contribution in [0.25, 0.3) is 11.1 Å². The average Bonchev–Trinajstić information content (AvgIpc) is 2.97. The maximum Gasteiger partial charge on any atom is 0.347 e. The summed E-state index contributed by atoms with van der Waals surface area (Å²) in [4.78, 5) is 47.3. The first kappa shape index (κ1) is 19.3. The molecular weight excluding hydrogens is 392 g/mol. The largest absolute Gasteiger partial charge is 0.478 e. The van der Waals surface area contributed by atoms with Crippen molar-refractivity contribution in [3.8, 4) is 11.1 Å². The summed E-state index contributed by atoms with van der Waals surface area (Å²) in [5, 5.41) is 46.5. The summed E-state index contributed by atoms with van der Waals surface area (Å²) in [5.41, 5.74) is -1.61. The van der Waals surface area contributed by atoms with Gasteiger partial charge in [-0.05, 0) is 18.6 Å². The van der Waals surface area contributed by atoms with E-state index in [1.165, 1.54) is 13.0 Å². The number of carbonyl (C=O) groups is 1. The molecule has 13 nitrogen and oxygen atoms in total. The summed E-state index contributed by atoms with van der Waals surface area (Å²) in [6.07, 6.45) is -1.40. The van der Waals surface area contributed by atoms with Crippen molar-refractivity contribution in [3.63, 3.8) is 0 Å². The number of nitro groups is 3. The van der Waals surface area contributed by atoms with Gasteiger partial charge < -0.3 is 9.94 Å². The van der Waals surface area contributed by atoms with Crippen molar-refractivity contribution in [2.24, 2.45) is 5.16 Å². The van der Waals surface area contributed by atoms with Crippen molar-refractivity contribution in [2.75, 3.05) is 0 Å². The van der Waals surface area contributed by atoms with E-state index in [2.05, 4.69) is 5.16 Å². The van der Waals surface area contributed by atoms with Crippen molar-refractivity contribution in [1.82, 2.24) is 0 Å². The average molecular weight is 402 g/mol. The van der Waals surface area contributed by atoms with Gasteiger partial charge in [-0.2, -0.15) is 0 Å². The summed E-state index contributed by atoms with van der Waals surface area (Å²) in [6.45, 7) is 1.17. The Kier molecular flexibility index (Phi) is 4.64. The van der Waals surface area contributed by atoms with E-state index < -0.39 is 38.2 Å². The first-order valence-corrected chi connectivity index (χ1v) is 7.84. The number of nitro benzene ring substituents is 3. The van der Waals surface area contributed by atoms with E-state index >= 15 is 0 Å². The number of rotatable bonds is 6. The standard InChI is InChI=1S/C16H10N4O9/c1-7(16(21)22)29-17-15-11-4-8(18(23)24)2-3-10(11)14-12(15)5-9(19(25)26)6-13(14)20(27)28/h2-7H,1H3,(H,21,22)/b17-15+. The van der Waals surface area contributed by atoms with Crippen LogP contribution in [-0.4, -0.2) is 37.7 Å². The molecule has 2 aromatic rings. The van der Waals surface area contributed by atoms with Gasteiger partial charge in [0.1, 0.15) is 5.71 Å². The van der Waals surface area contributed by atoms with Crippen LogP contribution in [0.15, 0.2) is 35.5 Å². The number of carboxylic acids is 1. The number of benzene rings is 2. The van der Waals surface area contributed by atoms with Crippen LogP contribution in [0.5, 0.6) is 0 Å². The van der Waals surface area contributed by atoms with Gasteiger partial charge >= 0.3 is 5.97 Å². The Labute approximate surface area is 160 Å². The fourth-order valence-electron chi connectivity index (χ4n) is 2.81. The third-order valence-electron chi connectivity index (χ3n) is 4.15. The number of carboxylic acid groups (broad SMARTS) is 1. The highest BCUT2D eigenvalue weighted by molar-refractivity contribution is 6.26. The van der Waals surface area contributed by atoms with Crippen LogP contribution < -0.4 is 0 Å². The van der Waals surface area contributed by atoms with E-state index in [1.54, 1.807) is 0 Å². The van der Waals surface area contributed by atoms with Crippen molar-refractivity contribution in [3.05, 3.63) is 71.8 Å². The predicted molar refractivity (Wildman–Crippen MR) is 95.7 cm³/mol. The molecule has 1 N–H and O–H groups in total. The van der Waals surface area contributed by atoms with Crippen LogP contribution in [-0.2, 0) is 9.63 Å². The molecule has 0 bridgehead atoms. The van der Waals surface area contributed by atoms with Gasteiger partial charge in [-0.15, -0.1) is 0 Å². The van der Waals surface area contributed by atoms with Gasteiger partial charge in [0.15, 0.2) is 0 Å². The first-order chi connectivity index (χ1) is 13.6. The lowest BCUT2D eigenvalue weighted by molar-refractivity contribution is -0.393. The number of non-ortho nitro benzene ring substituents is 2. The fraction of sp³-hybridized carbons (Fsp3) is 0.125. The molecule has 0 aromatic heterocycles. The minimum Gasteiger partial charge on any atom is -0.478 e. The number of hydrogen-bond donors (Lipinski definition) is 1. The van der Waals surface area contributed by atoms with E-state index in [4.69, 9.17) is 9.94 Å². The van der Waals surface area contributed by atoms with E-state index in [9.17, 15) is 35.1 Å². The lowest BCUT2D eigenvalue weighted by Gasteiger charge is -2.06. The van der Waals surface area contributed by atoms with Gasteiger partial charge in [-0.25, -0.2) is 4.79 Å². The molecule has 29 heavy (non-hydrogen) atoms. The van der Waals surface area contributed by atoms with Crippen LogP contribution in [0.4, 0.5) is 17.1 Å². The topological polar surface area (TPSA) is 188 Å². The molecule has 0 saturated heterocycles. The molecule has 0 heterocycles. The highest BCUT2D eigenvalue weighted by Crippen LogP contribution is 2.45. The molecule has 1 unspecified atom stereocenters. The molecule has 0 amide bonds. The molecular formula is C16H10N4O9. The summed E-state index contributed by atoms with van der Waals surface area (Å²) in [6, 6.07) is 5.25. The zero-order chi connectivity index (χ0) is 21.5. The summed E-state index contributed by atoms with van der Waals surface area (Å²) < 4.78 is 0. The maximum atomic E-state index is 11.5. The van der Waals surface area contributed by atoms with E-state index in [1.807, 2.05) is 0 Å². The maximum absolute atomic E-state index is 11.5. The van der Waals surface area contributed by atoms with Crippen molar-refractivity contribution in [2.45, 2.75) is 13.0 Å². The van der Waals surface area contributed by atoms with Crippen molar-refractivity contribution >= 4 is 28.7 Å². The minimum atomic E-state index is -1.40. The molecule has 1 atom stereocenters. The third kappa shape index (κ3) is 3.31. The van der Waals surface area contributed by atoms with Crippen LogP contribution in [0.3, 0.4) is 0 Å². The highest BCUT2D eigenvalue weighted by atomic mass is 16.7. The van der Waals surface area contributed by atoms with Gasteiger partial charge in [0.05, 0.1) is 26.4 Å². The van der Waals surface area contributed by atoms with Crippen LogP contribution in [0, 0.1) is 30.3 Å². The van der Waals surface area contributed by atoms with Gasteiger partial charge in [0.2, 0.25) is 6.10 Å². The molecule has 1 aliphatic rings. The van der Waals surface area contributed by atoms with Crippen LogP contribution >= 0.6 is 0 Å². The SMILES string of the molecule is CC(O/N=C1\c2cc([N+](=O)[O-])ccc2-c2c1cc([N+](=O)[O-])cc2[N+](=O)[O-])C(=O)O. The Bertz CT molecular complexity index is 1130. The quantitative estimate of drug-likeness (QED) is 0.477. The highest BCUT2D eigenvalue weighted by Gasteiger charge is 2.36. The Morgan fingerprint density at radius 3 is 2.14 bits per heavy atom. The van der Waals surface area contributed by atoms with Crippen molar-refractivity contribution in [1.29, 1.82) is 0 Å². The molecule has 0 spiro atoms. The lowest BCUT2D eigenvalue weighted by atomic mass is 10.0. The molecule has 1 aliphatic carbocycles. The molecule has 0 radical (unpaired) electrons.